The molecule has 1 N–H and O–H groups in total. The van der Waals surface area contributed by atoms with Gasteiger partial charge in [-0.2, -0.15) is 5.10 Å². The van der Waals surface area contributed by atoms with E-state index in [1.54, 1.807) is 13.1 Å². The molecule has 3 heteroatoms. The van der Waals surface area contributed by atoms with Crippen LogP contribution in [0.3, 0.4) is 0 Å². The summed E-state index contributed by atoms with van der Waals surface area (Å²) >= 11 is 0. The van der Waals surface area contributed by atoms with Crippen molar-refractivity contribution in [2.75, 3.05) is 0 Å². The van der Waals surface area contributed by atoms with Crippen molar-refractivity contribution >= 4 is 5.78 Å². The van der Waals surface area contributed by atoms with E-state index in [0.29, 0.717) is 5.56 Å². The van der Waals surface area contributed by atoms with Gasteiger partial charge in [-0.25, -0.2) is 0 Å². The molecule has 1 aromatic carbocycles. The number of hydrogen-bond donors (Lipinski definition) is 1. The van der Waals surface area contributed by atoms with Gasteiger partial charge in [0.05, 0.1) is 17.5 Å². The average molecular weight is 200 g/mol. The molecule has 0 radical (unpaired) electrons. The van der Waals surface area contributed by atoms with E-state index in [1.165, 1.54) is 5.56 Å². The van der Waals surface area contributed by atoms with Crippen LogP contribution in [-0.2, 0) is 0 Å². The van der Waals surface area contributed by atoms with Crippen molar-refractivity contribution in [3.63, 3.8) is 0 Å². The summed E-state index contributed by atoms with van der Waals surface area (Å²) in [6, 6.07) is 7.99. The second-order valence-corrected chi connectivity index (χ2v) is 3.58. The zero-order chi connectivity index (χ0) is 10.8. The van der Waals surface area contributed by atoms with Gasteiger partial charge in [-0.1, -0.05) is 29.8 Å². The quantitative estimate of drug-likeness (QED) is 0.757. The minimum Gasteiger partial charge on any atom is -0.294 e. The van der Waals surface area contributed by atoms with E-state index in [2.05, 4.69) is 10.2 Å². The molecule has 0 bridgehead atoms. The standard InChI is InChI=1S/C12H12N2O/c1-8-3-5-10(6-4-8)12-11(9(2)15)7-13-14-12/h3-7H,1-2H3,(H,13,14). The Labute approximate surface area is 88.1 Å². The Morgan fingerprint density at radius 3 is 2.53 bits per heavy atom. The first-order valence-corrected chi connectivity index (χ1v) is 4.80. The molecule has 3 nitrogen and oxygen atoms in total. The number of carbonyl (C=O) groups is 1. The number of aromatic nitrogens is 2. The monoisotopic (exact) mass is 200 g/mol. The zero-order valence-corrected chi connectivity index (χ0v) is 8.74. The van der Waals surface area contributed by atoms with E-state index in [4.69, 9.17) is 0 Å². The Hall–Kier alpha value is -1.90. The molecule has 0 unspecified atom stereocenters. The molecule has 0 saturated heterocycles. The number of H-pyrrole nitrogens is 1. The van der Waals surface area contributed by atoms with Gasteiger partial charge in [0, 0.05) is 5.56 Å². The summed E-state index contributed by atoms with van der Waals surface area (Å²) in [4.78, 5) is 11.3. The van der Waals surface area contributed by atoms with Gasteiger partial charge in [0.1, 0.15) is 0 Å². The molecular weight excluding hydrogens is 188 g/mol. The van der Waals surface area contributed by atoms with Gasteiger partial charge >= 0.3 is 0 Å². The predicted octanol–water partition coefficient (Wildman–Crippen LogP) is 2.59. The van der Waals surface area contributed by atoms with E-state index >= 15 is 0 Å². The second-order valence-electron chi connectivity index (χ2n) is 3.58. The van der Waals surface area contributed by atoms with Crippen LogP contribution < -0.4 is 0 Å². The third-order valence-corrected chi connectivity index (χ3v) is 2.36. The lowest BCUT2D eigenvalue weighted by Crippen LogP contribution is -1.92. The Morgan fingerprint density at radius 1 is 1.27 bits per heavy atom. The van der Waals surface area contributed by atoms with Crippen molar-refractivity contribution in [2.45, 2.75) is 13.8 Å². The normalized spacial score (nSPS) is 10.3. The van der Waals surface area contributed by atoms with Crippen LogP contribution in [0.4, 0.5) is 0 Å². The van der Waals surface area contributed by atoms with Gasteiger partial charge in [-0.15, -0.1) is 0 Å². The molecule has 0 aliphatic heterocycles. The maximum atomic E-state index is 11.3. The van der Waals surface area contributed by atoms with Crippen LogP contribution in [0.5, 0.6) is 0 Å². The largest absolute Gasteiger partial charge is 0.294 e. The molecule has 0 aliphatic rings. The Morgan fingerprint density at radius 2 is 1.93 bits per heavy atom. The van der Waals surface area contributed by atoms with Gasteiger partial charge in [0.2, 0.25) is 0 Å². The second kappa shape index (κ2) is 3.69. The van der Waals surface area contributed by atoms with Gasteiger partial charge in [0.15, 0.2) is 5.78 Å². The number of Topliss-reactive ketones (excluding diaryl/α,β-unsaturated/α-hetero) is 1. The fourth-order valence-electron chi connectivity index (χ4n) is 1.49. The van der Waals surface area contributed by atoms with Crippen LogP contribution in [0, 0.1) is 6.92 Å². The molecule has 0 fully saturated rings. The number of hydrogen-bond acceptors (Lipinski definition) is 2. The van der Waals surface area contributed by atoms with Crippen LogP contribution in [0.25, 0.3) is 11.3 Å². The third kappa shape index (κ3) is 1.81. The van der Waals surface area contributed by atoms with Crippen LogP contribution in [-0.4, -0.2) is 16.0 Å². The maximum absolute atomic E-state index is 11.3. The van der Waals surface area contributed by atoms with Crippen molar-refractivity contribution in [3.05, 3.63) is 41.6 Å². The van der Waals surface area contributed by atoms with Crippen molar-refractivity contribution in [1.29, 1.82) is 0 Å². The van der Waals surface area contributed by atoms with E-state index in [1.807, 2.05) is 31.2 Å². The Bertz CT molecular complexity index is 483. The lowest BCUT2D eigenvalue weighted by molar-refractivity contribution is 0.101. The van der Waals surface area contributed by atoms with E-state index in [9.17, 15) is 4.79 Å². The summed E-state index contributed by atoms with van der Waals surface area (Å²) in [6.07, 6.45) is 1.57. The number of aromatic amines is 1. The molecule has 0 saturated carbocycles. The van der Waals surface area contributed by atoms with Crippen LogP contribution >= 0.6 is 0 Å². The summed E-state index contributed by atoms with van der Waals surface area (Å²) in [6.45, 7) is 3.57. The number of ketones is 1. The number of nitrogens with one attached hydrogen (secondary N) is 1. The summed E-state index contributed by atoms with van der Waals surface area (Å²) in [7, 11) is 0. The van der Waals surface area contributed by atoms with Gasteiger partial charge < -0.3 is 0 Å². The highest BCUT2D eigenvalue weighted by Crippen LogP contribution is 2.21. The summed E-state index contributed by atoms with van der Waals surface area (Å²) in [5.41, 5.74) is 3.62. The highest BCUT2D eigenvalue weighted by atomic mass is 16.1. The SMILES string of the molecule is CC(=O)c1cn[nH]c1-c1ccc(C)cc1. The lowest BCUT2D eigenvalue weighted by Gasteiger charge is -2.00. The molecule has 0 spiro atoms. The first-order chi connectivity index (χ1) is 7.18. The zero-order valence-electron chi connectivity index (χ0n) is 8.74. The smallest absolute Gasteiger partial charge is 0.163 e. The van der Waals surface area contributed by atoms with Crippen molar-refractivity contribution in [3.8, 4) is 11.3 Å². The molecular formula is C12H12N2O. The number of benzene rings is 1. The van der Waals surface area contributed by atoms with E-state index < -0.39 is 0 Å². The molecule has 15 heavy (non-hydrogen) atoms. The van der Waals surface area contributed by atoms with E-state index in [0.717, 1.165) is 11.3 Å². The van der Waals surface area contributed by atoms with Crippen LogP contribution in [0.15, 0.2) is 30.5 Å². The minimum absolute atomic E-state index is 0.0272. The lowest BCUT2D eigenvalue weighted by atomic mass is 10.0. The molecule has 0 amide bonds. The molecule has 1 heterocycles. The van der Waals surface area contributed by atoms with Gasteiger partial charge in [-0.05, 0) is 13.8 Å². The number of rotatable bonds is 2. The highest BCUT2D eigenvalue weighted by molar-refractivity contribution is 5.99. The molecule has 76 valence electrons. The van der Waals surface area contributed by atoms with Crippen LogP contribution in [0.2, 0.25) is 0 Å². The van der Waals surface area contributed by atoms with Gasteiger partial charge in [0.25, 0.3) is 0 Å². The predicted molar refractivity (Wildman–Crippen MR) is 58.8 cm³/mol. The molecule has 0 aliphatic carbocycles. The molecule has 2 rings (SSSR count). The maximum Gasteiger partial charge on any atom is 0.163 e. The summed E-state index contributed by atoms with van der Waals surface area (Å²) in [5.74, 6) is 0.0272. The first kappa shape index (κ1) is 9.65. The van der Waals surface area contributed by atoms with Crippen molar-refractivity contribution in [2.24, 2.45) is 0 Å². The van der Waals surface area contributed by atoms with Crippen LogP contribution in [0.1, 0.15) is 22.8 Å². The topological polar surface area (TPSA) is 45.8 Å². The summed E-state index contributed by atoms with van der Waals surface area (Å²) < 4.78 is 0. The minimum atomic E-state index is 0.0272. The third-order valence-electron chi connectivity index (χ3n) is 2.36. The van der Waals surface area contributed by atoms with Crippen molar-refractivity contribution in [1.82, 2.24) is 10.2 Å². The Kier molecular flexibility index (Phi) is 2.37. The molecule has 2 aromatic rings. The number of aryl methyl sites for hydroxylation is 1. The fourth-order valence-corrected chi connectivity index (χ4v) is 1.49. The Balaban J connectivity index is 2.49. The average Bonchev–Trinajstić information content (AvgIpc) is 2.67. The molecule has 0 atom stereocenters. The molecule has 1 aromatic heterocycles. The van der Waals surface area contributed by atoms with Crippen molar-refractivity contribution < 1.29 is 4.79 Å². The number of nitrogens with zero attached hydrogens (tertiary/aromatic N) is 1. The first-order valence-electron chi connectivity index (χ1n) is 4.80. The highest BCUT2D eigenvalue weighted by Gasteiger charge is 2.10. The fraction of sp³-hybridized carbons (Fsp3) is 0.167. The van der Waals surface area contributed by atoms with Gasteiger partial charge in [-0.3, -0.25) is 9.89 Å². The van der Waals surface area contributed by atoms with E-state index in [-0.39, 0.29) is 5.78 Å². The number of carbonyl (C=O) groups excluding carboxylic acids is 1. The summed E-state index contributed by atoms with van der Waals surface area (Å²) in [5, 5.41) is 6.75.